The predicted octanol–water partition coefficient (Wildman–Crippen LogP) is 2.88. The number of anilines is 1. The summed E-state index contributed by atoms with van der Waals surface area (Å²) in [5.74, 6) is -0.586. The molecule has 0 saturated carbocycles. The molecular weight excluding hydrogens is 270 g/mol. The first-order valence-corrected chi connectivity index (χ1v) is 6.97. The van der Waals surface area contributed by atoms with Gasteiger partial charge >= 0.3 is 0 Å². The van der Waals surface area contributed by atoms with E-state index in [0.29, 0.717) is 6.42 Å². The molecule has 2 aromatic rings. The highest BCUT2D eigenvalue weighted by atomic mass is 32.1. The number of benzene rings is 1. The number of nitrogens with zero attached hydrogens (tertiary/aromatic N) is 1. The first-order chi connectivity index (χ1) is 9.63. The second-order valence-corrected chi connectivity index (χ2v) is 5.11. The predicted molar refractivity (Wildman–Crippen MR) is 85.6 cm³/mol. The van der Waals surface area contributed by atoms with Gasteiger partial charge in [-0.15, -0.1) is 0 Å². The summed E-state index contributed by atoms with van der Waals surface area (Å²) in [5, 5.41) is 4.84. The lowest BCUT2D eigenvalue weighted by molar-refractivity contribution is -0.118. The zero-order chi connectivity index (χ0) is 14.5. The Morgan fingerprint density at radius 3 is 2.95 bits per heavy atom. The molecule has 104 valence electrons. The van der Waals surface area contributed by atoms with Crippen LogP contribution in [0.15, 0.2) is 36.7 Å². The molecule has 1 amide bonds. The summed E-state index contributed by atoms with van der Waals surface area (Å²) in [6.07, 6.45) is 4.97. The van der Waals surface area contributed by atoms with Crippen molar-refractivity contribution >= 4 is 39.6 Å². The van der Waals surface area contributed by atoms with E-state index in [9.17, 15) is 4.79 Å². The van der Waals surface area contributed by atoms with Crippen LogP contribution in [0.5, 0.6) is 0 Å². The number of carbonyl (C=O) groups is 1. The molecule has 20 heavy (non-hydrogen) atoms. The van der Waals surface area contributed by atoms with Crippen LogP contribution in [0.2, 0.25) is 0 Å². The Morgan fingerprint density at radius 2 is 2.25 bits per heavy atom. The number of nitrogens with two attached hydrogens (primary N) is 1. The van der Waals surface area contributed by atoms with Crippen LogP contribution in [-0.2, 0) is 4.79 Å². The number of carbonyl (C=O) groups excluding carboxylic acids is 1. The third-order valence-corrected chi connectivity index (χ3v) is 3.46. The van der Waals surface area contributed by atoms with Gasteiger partial charge in [-0.05, 0) is 23.9 Å². The maximum Gasteiger partial charge on any atom is 0.234 e. The standard InChI is InChI=1S/C15H17N3OS/c1-2-4-11(14(16)20)15(19)18-13-6-3-5-10-7-8-17-9-12(10)13/h3,5-9,11H,2,4H2,1H3,(H2,16,20)(H,18,19). The van der Waals surface area contributed by atoms with Gasteiger partial charge in [0.25, 0.3) is 0 Å². The molecule has 0 aliphatic rings. The molecule has 1 aromatic heterocycles. The first kappa shape index (κ1) is 14.4. The highest BCUT2D eigenvalue weighted by molar-refractivity contribution is 7.80. The number of thiocarbonyl (C=S) groups is 1. The molecule has 3 N–H and O–H groups in total. The molecule has 1 heterocycles. The van der Waals surface area contributed by atoms with Crippen molar-refractivity contribution in [2.24, 2.45) is 11.7 Å². The van der Waals surface area contributed by atoms with Crippen molar-refractivity contribution in [2.75, 3.05) is 5.32 Å². The van der Waals surface area contributed by atoms with Gasteiger partial charge in [0.2, 0.25) is 5.91 Å². The van der Waals surface area contributed by atoms with E-state index < -0.39 is 5.92 Å². The molecule has 1 aromatic carbocycles. The highest BCUT2D eigenvalue weighted by Gasteiger charge is 2.20. The molecule has 0 aliphatic carbocycles. The Labute approximate surface area is 123 Å². The van der Waals surface area contributed by atoms with E-state index in [4.69, 9.17) is 18.0 Å². The molecule has 5 heteroatoms. The van der Waals surface area contributed by atoms with Gasteiger partial charge < -0.3 is 11.1 Å². The number of pyridine rings is 1. The fraction of sp³-hybridized carbons (Fsp3) is 0.267. The SMILES string of the molecule is CCCC(C(=O)Nc1cccc2ccncc12)C(N)=S. The Balaban J connectivity index is 2.27. The van der Waals surface area contributed by atoms with Gasteiger partial charge in [-0.25, -0.2) is 0 Å². The number of fused-ring (bicyclic) bond motifs is 1. The molecule has 0 saturated heterocycles. The van der Waals surface area contributed by atoms with E-state index >= 15 is 0 Å². The molecule has 2 rings (SSSR count). The lowest BCUT2D eigenvalue weighted by Gasteiger charge is -2.15. The van der Waals surface area contributed by atoms with Crippen LogP contribution < -0.4 is 11.1 Å². The van der Waals surface area contributed by atoms with E-state index in [2.05, 4.69) is 10.3 Å². The van der Waals surface area contributed by atoms with Crippen molar-refractivity contribution < 1.29 is 4.79 Å². The number of aromatic nitrogens is 1. The van der Waals surface area contributed by atoms with E-state index in [1.807, 2.05) is 31.2 Å². The molecular formula is C15H17N3OS. The molecule has 1 unspecified atom stereocenters. The third-order valence-electron chi connectivity index (χ3n) is 3.18. The van der Waals surface area contributed by atoms with E-state index in [-0.39, 0.29) is 10.9 Å². The minimum Gasteiger partial charge on any atom is -0.393 e. The van der Waals surface area contributed by atoms with Gasteiger partial charge in [-0.1, -0.05) is 37.7 Å². The maximum absolute atomic E-state index is 12.3. The second-order valence-electron chi connectivity index (χ2n) is 4.64. The van der Waals surface area contributed by atoms with Gasteiger partial charge in [0, 0.05) is 17.8 Å². The van der Waals surface area contributed by atoms with E-state index in [0.717, 1.165) is 22.9 Å². The van der Waals surface area contributed by atoms with Crippen molar-refractivity contribution in [3.63, 3.8) is 0 Å². The minimum atomic E-state index is -0.429. The summed E-state index contributed by atoms with van der Waals surface area (Å²) in [4.78, 5) is 16.6. The van der Waals surface area contributed by atoms with Gasteiger partial charge in [0.15, 0.2) is 0 Å². The van der Waals surface area contributed by atoms with Crippen LogP contribution in [0.3, 0.4) is 0 Å². The van der Waals surface area contributed by atoms with E-state index in [1.54, 1.807) is 12.4 Å². The van der Waals surface area contributed by atoms with Crippen molar-refractivity contribution in [1.82, 2.24) is 4.98 Å². The largest absolute Gasteiger partial charge is 0.393 e. The fourth-order valence-corrected chi connectivity index (χ4v) is 2.36. The van der Waals surface area contributed by atoms with Crippen LogP contribution >= 0.6 is 12.2 Å². The number of hydrogen-bond acceptors (Lipinski definition) is 3. The first-order valence-electron chi connectivity index (χ1n) is 6.56. The minimum absolute atomic E-state index is 0.157. The molecule has 0 bridgehead atoms. The zero-order valence-electron chi connectivity index (χ0n) is 11.3. The fourth-order valence-electron chi connectivity index (χ4n) is 2.13. The van der Waals surface area contributed by atoms with Crippen LogP contribution in [0.25, 0.3) is 10.8 Å². The van der Waals surface area contributed by atoms with Gasteiger partial charge in [-0.2, -0.15) is 0 Å². The Hall–Kier alpha value is -2.01. The summed E-state index contributed by atoms with van der Waals surface area (Å²) in [6, 6.07) is 7.63. The normalized spacial score (nSPS) is 12.1. The number of nitrogens with one attached hydrogen (secondary N) is 1. The molecule has 0 fully saturated rings. The van der Waals surface area contributed by atoms with Crippen LogP contribution in [0, 0.1) is 5.92 Å². The van der Waals surface area contributed by atoms with Crippen molar-refractivity contribution in [3.05, 3.63) is 36.7 Å². The van der Waals surface area contributed by atoms with Crippen molar-refractivity contribution in [2.45, 2.75) is 19.8 Å². The van der Waals surface area contributed by atoms with Gasteiger partial charge in [0.05, 0.1) is 16.6 Å². The molecule has 0 spiro atoms. The average Bonchev–Trinajstić information content (AvgIpc) is 2.44. The summed E-state index contributed by atoms with van der Waals surface area (Å²) in [7, 11) is 0. The Morgan fingerprint density at radius 1 is 1.45 bits per heavy atom. The quantitative estimate of drug-likeness (QED) is 0.830. The molecule has 1 atom stereocenters. The number of hydrogen-bond donors (Lipinski definition) is 2. The Bertz CT molecular complexity index is 637. The summed E-state index contributed by atoms with van der Waals surface area (Å²) in [5.41, 5.74) is 6.38. The molecule has 0 radical (unpaired) electrons. The topological polar surface area (TPSA) is 68.0 Å². The highest BCUT2D eigenvalue weighted by Crippen LogP contribution is 2.23. The number of rotatable bonds is 5. The maximum atomic E-state index is 12.3. The lowest BCUT2D eigenvalue weighted by Crippen LogP contribution is -2.33. The van der Waals surface area contributed by atoms with Crippen LogP contribution in [-0.4, -0.2) is 15.9 Å². The van der Waals surface area contributed by atoms with Crippen LogP contribution in [0.4, 0.5) is 5.69 Å². The zero-order valence-corrected chi connectivity index (χ0v) is 12.1. The average molecular weight is 287 g/mol. The van der Waals surface area contributed by atoms with E-state index in [1.165, 1.54) is 0 Å². The molecule has 0 aliphatic heterocycles. The Kier molecular flexibility index (Phi) is 4.63. The molecule has 4 nitrogen and oxygen atoms in total. The summed E-state index contributed by atoms with van der Waals surface area (Å²) >= 11 is 4.98. The van der Waals surface area contributed by atoms with Gasteiger partial charge in [0.1, 0.15) is 0 Å². The summed E-state index contributed by atoms with van der Waals surface area (Å²) < 4.78 is 0. The number of amides is 1. The smallest absolute Gasteiger partial charge is 0.234 e. The monoisotopic (exact) mass is 287 g/mol. The van der Waals surface area contributed by atoms with Crippen LogP contribution in [0.1, 0.15) is 19.8 Å². The van der Waals surface area contributed by atoms with Crippen molar-refractivity contribution in [3.8, 4) is 0 Å². The third kappa shape index (κ3) is 3.11. The second kappa shape index (κ2) is 6.43. The van der Waals surface area contributed by atoms with Gasteiger partial charge in [-0.3, -0.25) is 9.78 Å². The summed E-state index contributed by atoms with van der Waals surface area (Å²) in [6.45, 7) is 2.00. The lowest BCUT2D eigenvalue weighted by atomic mass is 10.0. The van der Waals surface area contributed by atoms with Crippen molar-refractivity contribution in [1.29, 1.82) is 0 Å².